The first-order chi connectivity index (χ1) is 13.4. The van der Waals surface area contributed by atoms with E-state index in [1.807, 2.05) is 0 Å². The molecule has 0 spiro atoms. The van der Waals surface area contributed by atoms with Gasteiger partial charge < -0.3 is 20.8 Å². The fourth-order valence-corrected chi connectivity index (χ4v) is 3.88. The Bertz CT molecular complexity index is 722. The summed E-state index contributed by atoms with van der Waals surface area (Å²) in [6, 6.07) is 6.48. The Morgan fingerprint density at radius 2 is 1.00 bits per heavy atom. The molecule has 0 radical (unpaired) electrons. The molecule has 28 heavy (non-hydrogen) atoms. The SMILES string of the molecule is Oc1c(Cl)cc(Cl)cc1CNCCCCCCNCc1cc(Cl)cc(Cl)c1O. The summed E-state index contributed by atoms with van der Waals surface area (Å²) in [6.07, 6.45) is 4.29. The number of nitrogens with one attached hydrogen (secondary N) is 2. The van der Waals surface area contributed by atoms with E-state index in [2.05, 4.69) is 10.6 Å². The molecule has 0 unspecified atom stereocenters. The number of rotatable bonds is 11. The largest absolute Gasteiger partial charge is 0.506 e. The minimum atomic E-state index is 0.0802. The van der Waals surface area contributed by atoms with E-state index in [0.717, 1.165) is 38.8 Å². The second-order valence-corrected chi connectivity index (χ2v) is 8.25. The summed E-state index contributed by atoms with van der Waals surface area (Å²) in [4.78, 5) is 0. The van der Waals surface area contributed by atoms with Crippen LogP contribution in [-0.4, -0.2) is 23.3 Å². The van der Waals surface area contributed by atoms with Crippen LogP contribution in [0.25, 0.3) is 0 Å². The van der Waals surface area contributed by atoms with Gasteiger partial charge in [-0.2, -0.15) is 0 Å². The summed E-state index contributed by atoms with van der Waals surface area (Å²) in [6.45, 7) is 2.76. The average molecular weight is 466 g/mol. The molecule has 2 rings (SSSR count). The van der Waals surface area contributed by atoms with Gasteiger partial charge in [-0.1, -0.05) is 59.2 Å². The van der Waals surface area contributed by atoms with Crippen molar-refractivity contribution in [2.45, 2.75) is 38.8 Å². The first-order valence-electron chi connectivity index (χ1n) is 9.13. The molecular weight excluding hydrogens is 442 g/mol. The lowest BCUT2D eigenvalue weighted by Crippen LogP contribution is -2.16. The topological polar surface area (TPSA) is 64.5 Å². The van der Waals surface area contributed by atoms with Crippen LogP contribution in [0, 0.1) is 0 Å². The highest BCUT2D eigenvalue weighted by Gasteiger charge is 2.08. The third-order valence-corrected chi connectivity index (χ3v) is 5.31. The molecule has 0 aliphatic rings. The molecule has 0 heterocycles. The lowest BCUT2D eigenvalue weighted by Gasteiger charge is -2.10. The minimum Gasteiger partial charge on any atom is -0.506 e. The fourth-order valence-electron chi connectivity index (χ4n) is 2.81. The predicted octanol–water partition coefficient (Wildman–Crippen LogP) is 6.15. The molecule has 4 N–H and O–H groups in total. The van der Waals surface area contributed by atoms with Crippen molar-refractivity contribution in [2.75, 3.05) is 13.1 Å². The number of halogens is 4. The molecule has 0 aliphatic carbocycles. The molecule has 0 aliphatic heterocycles. The van der Waals surface area contributed by atoms with Crippen LogP contribution in [0.2, 0.25) is 20.1 Å². The number of benzene rings is 2. The molecule has 154 valence electrons. The summed E-state index contributed by atoms with van der Waals surface area (Å²) in [5.41, 5.74) is 1.40. The van der Waals surface area contributed by atoms with Crippen LogP contribution in [0.15, 0.2) is 24.3 Å². The van der Waals surface area contributed by atoms with Gasteiger partial charge in [0.25, 0.3) is 0 Å². The van der Waals surface area contributed by atoms with Crippen molar-refractivity contribution < 1.29 is 10.2 Å². The van der Waals surface area contributed by atoms with Crippen LogP contribution < -0.4 is 10.6 Å². The second kappa shape index (κ2) is 12.0. The van der Waals surface area contributed by atoms with Crippen molar-refractivity contribution >= 4 is 46.4 Å². The van der Waals surface area contributed by atoms with Crippen LogP contribution in [0.1, 0.15) is 36.8 Å². The van der Waals surface area contributed by atoms with Crippen LogP contribution in [0.5, 0.6) is 11.5 Å². The third-order valence-electron chi connectivity index (χ3n) is 4.30. The molecule has 4 nitrogen and oxygen atoms in total. The van der Waals surface area contributed by atoms with Gasteiger partial charge in [0.05, 0.1) is 10.0 Å². The summed E-state index contributed by atoms with van der Waals surface area (Å²) < 4.78 is 0. The lowest BCUT2D eigenvalue weighted by atomic mass is 10.1. The van der Waals surface area contributed by atoms with E-state index in [1.165, 1.54) is 12.1 Å². The van der Waals surface area contributed by atoms with E-state index in [9.17, 15) is 10.2 Å². The third kappa shape index (κ3) is 7.51. The summed E-state index contributed by atoms with van der Waals surface area (Å²) >= 11 is 23.7. The molecular formula is C20H24Cl4N2O2. The molecule has 0 saturated carbocycles. The monoisotopic (exact) mass is 464 g/mol. The maximum Gasteiger partial charge on any atom is 0.138 e. The molecule has 2 aromatic carbocycles. The quantitative estimate of drug-likeness (QED) is 0.300. The molecule has 0 bridgehead atoms. The van der Waals surface area contributed by atoms with Gasteiger partial charge >= 0.3 is 0 Å². The Labute approximate surface area is 185 Å². The van der Waals surface area contributed by atoms with E-state index >= 15 is 0 Å². The molecule has 0 aromatic heterocycles. The maximum absolute atomic E-state index is 9.91. The second-order valence-electron chi connectivity index (χ2n) is 6.56. The van der Waals surface area contributed by atoms with E-state index in [-0.39, 0.29) is 21.5 Å². The molecule has 0 atom stereocenters. The Morgan fingerprint density at radius 3 is 1.39 bits per heavy atom. The van der Waals surface area contributed by atoms with Crippen LogP contribution in [-0.2, 0) is 13.1 Å². The van der Waals surface area contributed by atoms with Crippen molar-refractivity contribution in [3.8, 4) is 11.5 Å². The highest BCUT2D eigenvalue weighted by molar-refractivity contribution is 6.36. The summed E-state index contributed by atoms with van der Waals surface area (Å²) in [7, 11) is 0. The van der Waals surface area contributed by atoms with E-state index < -0.39 is 0 Å². The number of hydrogen-bond donors (Lipinski definition) is 4. The standard InChI is InChI=1S/C20H24Cl4N2O2/c21-15-7-13(19(27)17(23)9-15)11-25-5-3-1-2-4-6-26-12-14-8-16(22)10-18(24)20(14)28/h7-10,25-28H,1-6,11-12H2. The van der Waals surface area contributed by atoms with Gasteiger partial charge in [0.15, 0.2) is 0 Å². The van der Waals surface area contributed by atoms with Gasteiger partial charge in [0, 0.05) is 34.3 Å². The van der Waals surface area contributed by atoms with E-state index in [4.69, 9.17) is 46.4 Å². The van der Waals surface area contributed by atoms with Crippen molar-refractivity contribution in [1.82, 2.24) is 10.6 Å². The minimum absolute atomic E-state index is 0.0802. The number of phenolic OH excluding ortho intramolecular Hbond substituents is 2. The normalized spacial score (nSPS) is 11.1. The van der Waals surface area contributed by atoms with Gasteiger partial charge in [-0.3, -0.25) is 0 Å². The van der Waals surface area contributed by atoms with Crippen molar-refractivity contribution in [1.29, 1.82) is 0 Å². The van der Waals surface area contributed by atoms with Crippen LogP contribution in [0.3, 0.4) is 0 Å². The summed E-state index contributed by atoms with van der Waals surface area (Å²) in [5, 5.41) is 28.0. The van der Waals surface area contributed by atoms with E-state index in [1.54, 1.807) is 12.1 Å². The van der Waals surface area contributed by atoms with Gasteiger partial charge in [-0.15, -0.1) is 0 Å². The van der Waals surface area contributed by atoms with Crippen molar-refractivity contribution in [3.63, 3.8) is 0 Å². The highest BCUT2D eigenvalue weighted by Crippen LogP contribution is 2.31. The number of phenols is 2. The van der Waals surface area contributed by atoms with Gasteiger partial charge in [-0.25, -0.2) is 0 Å². The molecule has 0 amide bonds. The smallest absolute Gasteiger partial charge is 0.138 e. The van der Waals surface area contributed by atoms with Crippen molar-refractivity contribution in [3.05, 3.63) is 55.5 Å². The fraction of sp³-hybridized carbons (Fsp3) is 0.400. The average Bonchev–Trinajstić information content (AvgIpc) is 2.64. The van der Waals surface area contributed by atoms with Crippen molar-refractivity contribution in [2.24, 2.45) is 0 Å². The Balaban J connectivity index is 1.54. The Kier molecular flexibility index (Phi) is 10.00. The first kappa shape index (κ1) is 23.4. The Morgan fingerprint density at radius 1 is 0.607 bits per heavy atom. The molecule has 0 fully saturated rings. The molecule has 2 aromatic rings. The van der Waals surface area contributed by atoms with Gasteiger partial charge in [-0.05, 0) is 50.2 Å². The zero-order chi connectivity index (χ0) is 20.5. The number of aromatic hydroxyl groups is 2. The molecule has 8 heteroatoms. The summed E-state index contributed by atoms with van der Waals surface area (Å²) in [5.74, 6) is 0.160. The highest BCUT2D eigenvalue weighted by atomic mass is 35.5. The maximum atomic E-state index is 9.91. The van der Waals surface area contributed by atoms with E-state index in [0.29, 0.717) is 34.3 Å². The van der Waals surface area contributed by atoms with Gasteiger partial charge in [0.1, 0.15) is 11.5 Å². The van der Waals surface area contributed by atoms with Gasteiger partial charge in [0.2, 0.25) is 0 Å². The number of unbranched alkanes of at least 4 members (excludes halogenated alkanes) is 3. The van der Waals surface area contributed by atoms with Crippen LogP contribution in [0.4, 0.5) is 0 Å². The zero-order valence-electron chi connectivity index (χ0n) is 15.4. The zero-order valence-corrected chi connectivity index (χ0v) is 18.4. The van der Waals surface area contributed by atoms with Crippen LogP contribution >= 0.6 is 46.4 Å². The predicted molar refractivity (Wildman–Crippen MR) is 118 cm³/mol. The first-order valence-corrected chi connectivity index (χ1v) is 10.6. The lowest BCUT2D eigenvalue weighted by molar-refractivity contribution is 0.462. The Hall–Kier alpha value is -0.880. The number of hydrogen-bond acceptors (Lipinski definition) is 4. The molecule has 0 saturated heterocycles.